The van der Waals surface area contributed by atoms with Crippen molar-refractivity contribution in [2.24, 2.45) is 0 Å². The van der Waals surface area contributed by atoms with Crippen LogP contribution in [-0.4, -0.2) is 50.2 Å². The first-order valence-corrected chi connectivity index (χ1v) is 12.5. The first-order chi connectivity index (χ1) is 18.2. The summed E-state index contributed by atoms with van der Waals surface area (Å²) in [6.07, 6.45) is 8.04. The number of urea groups is 1. The van der Waals surface area contributed by atoms with Crippen LogP contribution in [0.5, 0.6) is 5.75 Å². The number of ether oxygens (including phenoxy) is 1. The fourth-order valence-electron chi connectivity index (χ4n) is 5.08. The zero-order valence-electron chi connectivity index (χ0n) is 20.4. The summed E-state index contributed by atoms with van der Waals surface area (Å²) in [5.74, 6) is 1.35. The number of carbonyl (C=O) groups is 1. The highest BCUT2D eigenvalue weighted by atomic mass is 19.1. The second-order valence-corrected chi connectivity index (χ2v) is 9.28. The van der Waals surface area contributed by atoms with Gasteiger partial charge in [0.1, 0.15) is 23.7 Å². The number of hydrogen-bond donors (Lipinski definition) is 1. The standard InChI is InChI=1S/C28H27FN6O2/c29-24-7-8-25-22(12-15-37-25)21(24)6-9-26-30-17-23(27-33-32-18-35(26)27)20-10-13-34(14-11-20)28(36)31-16-19-4-2-1-3-5-19/h1-5,7-8,10,17-18H,6,9,11-16H2,(H,31,36). The van der Waals surface area contributed by atoms with Gasteiger partial charge < -0.3 is 15.0 Å². The third-order valence-corrected chi connectivity index (χ3v) is 7.08. The van der Waals surface area contributed by atoms with E-state index in [0.29, 0.717) is 51.1 Å². The van der Waals surface area contributed by atoms with E-state index < -0.39 is 0 Å². The van der Waals surface area contributed by atoms with Crippen LogP contribution in [0.4, 0.5) is 9.18 Å². The lowest BCUT2D eigenvalue weighted by atomic mass is 9.99. The van der Waals surface area contributed by atoms with E-state index in [2.05, 4.69) is 21.6 Å². The summed E-state index contributed by atoms with van der Waals surface area (Å²) in [4.78, 5) is 19.1. The molecule has 2 aliphatic rings. The molecule has 0 saturated carbocycles. The van der Waals surface area contributed by atoms with Crippen LogP contribution < -0.4 is 10.1 Å². The monoisotopic (exact) mass is 498 g/mol. The fourth-order valence-corrected chi connectivity index (χ4v) is 5.08. The zero-order valence-corrected chi connectivity index (χ0v) is 20.4. The number of hydrogen-bond acceptors (Lipinski definition) is 5. The predicted octanol–water partition coefficient (Wildman–Crippen LogP) is 3.98. The first kappa shape index (κ1) is 23.1. The SMILES string of the molecule is O=C(NCc1ccccc1)N1CC=C(c2cnc(CCc3c(F)ccc4c3CCO4)n3cnnc23)CC1. The van der Waals surface area contributed by atoms with Crippen molar-refractivity contribution in [3.8, 4) is 5.75 Å². The lowest BCUT2D eigenvalue weighted by Crippen LogP contribution is -2.41. The molecule has 0 saturated heterocycles. The Morgan fingerprint density at radius 1 is 1.11 bits per heavy atom. The minimum atomic E-state index is -0.203. The van der Waals surface area contributed by atoms with Crippen LogP contribution in [0.3, 0.4) is 0 Å². The Balaban J connectivity index is 1.15. The molecule has 4 heterocycles. The summed E-state index contributed by atoms with van der Waals surface area (Å²) in [7, 11) is 0. The van der Waals surface area contributed by atoms with Gasteiger partial charge in [-0.25, -0.2) is 14.2 Å². The van der Waals surface area contributed by atoms with E-state index in [1.165, 1.54) is 6.07 Å². The number of aryl methyl sites for hydroxylation is 1. The Labute approximate surface area is 213 Å². The van der Waals surface area contributed by atoms with Crippen LogP contribution in [-0.2, 0) is 25.8 Å². The number of amides is 2. The molecule has 2 aliphatic heterocycles. The van der Waals surface area contributed by atoms with Gasteiger partial charge in [-0.2, -0.15) is 0 Å². The molecule has 0 unspecified atom stereocenters. The molecule has 37 heavy (non-hydrogen) atoms. The molecule has 4 aromatic rings. The average molecular weight is 499 g/mol. The maximum Gasteiger partial charge on any atom is 0.317 e. The summed E-state index contributed by atoms with van der Waals surface area (Å²) in [5, 5.41) is 11.5. The number of nitrogens with one attached hydrogen (secondary N) is 1. The third-order valence-electron chi connectivity index (χ3n) is 7.08. The molecule has 2 amide bonds. The first-order valence-electron chi connectivity index (χ1n) is 12.5. The second-order valence-electron chi connectivity index (χ2n) is 9.28. The van der Waals surface area contributed by atoms with Gasteiger partial charge in [-0.05, 0) is 41.7 Å². The molecule has 0 radical (unpaired) electrons. The molecule has 0 bridgehead atoms. The molecule has 0 atom stereocenters. The second kappa shape index (κ2) is 10.0. The van der Waals surface area contributed by atoms with Crippen molar-refractivity contribution in [1.29, 1.82) is 0 Å². The quantitative estimate of drug-likeness (QED) is 0.435. The zero-order chi connectivity index (χ0) is 25.2. The lowest BCUT2D eigenvalue weighted by Gasteiger charge is -2.27. The third kappa shape index (κ3) is 4.64. The summed E-state index contributed by atoms with van der Waals surface area (Å²) < 4.78 is 22.1. The molecule has 2 aromatic heterocycles. The Bertz CT molecular complexity index is 1480. The van der Waals surface area contributed by atoms with Gasteiger partial charge in [0.25, 0.3) is 0 Å². The van der Waals surface area contributed by atoms with E-state index >= 15 is 0 Å². The molecule has 0 aliphatic carbocycles. The molecular formula is C28H27FN6O2. The van der Waals surface area contributed by atoms with Gasteiger partial charge in [0, 0.05) is 49.8 Å². The molecule has 6 rings (SSSR count). The van der Waals surface area contributed by atoms with Crippen LogP contribution in [0, 0.1) is 5.82 Å². The van der Waals surface area contributed by atoms with E-state index in [9.17, 15) is 9.18 Å². The number of nitrogens with zero attached hydrogens (tertiary/aromatic N) is 5. The molecule has 2 aromatic carbocycles. The number of benzene rings is 2. The lowest BCUT2D eigenvalue weighted by molar-refractivity contribution is 0.202. The van der Waals surface area contributed by atoms with Crippen molar-refractivity contribution in [3.05, 3.63) is 95.0 Å². The average Bonchev–Trinajstić information content (AvgIpc) is 3.62. The van der Waals surface area contributed by atoms with Gasteiger partial charge in [-0.3, -0.25) is 4.40 Å². The molecule has 0 spiro atoms. The normalized spacial score (nSPS) is 14.8. The summed E-state index contributed by atoms with van der Waals surface area (Å²) >= 11 is 0. The van der Waals surface area contributed by atoms with Crippen molar-refractivity contribution in [3.63, 3.8) is 0 Å². The maximum absolute atomic E-state index is 14.6. The maximum atomic E-state index is 14.6. The number of halogens is 1. The summed E-state index contributed by atoms with van der Waals surface area (Å²) in [6, 6.07) is 13.0. The highest BCUT2D eigenvalue weighted by molar-refractivity contribution is 5.79. The summed E-state index contributed by atoms with van der Waals surface area (Å²) in [6.45, 7) is 2.21. The van der Waals surface area contributed by atoms with E-state index in [1.807, 2.05) is 40.9 Å². The van der Waals surface area contributed by atoms with Crippen LogP contribution >= 0.6 is 0 Å². The number of aromatic nitrogens is 4. The van der Waals surface area contributed by atoms with E-state index in [0.717, 1.165) is 45.9 Å². The van der Waals surface area contributed by atoms with E-state index in [-0.39, 0.29) is 11.8 Å². The molecule has 188 valence electrons. The Hall–Kier alpha value is -4.27. The largest absolute Gasteiger partial charge is 0.493 e. The van der Waals surface area contributed by atoms with Gasteiger partial charge in [-0.15, -0.1) is 10.2 Å². The summed E-state index contributed by atoms with van der Waals surface area (Å²) in [5.41, 5.74) is 5.44. The smallest absolute Gasteiger partial charge is 0.317 e. The molecule has 8 nitrogen and oxygen atoms in total. The van der Waals surface area contributed by atoms with Gasteiger partial charge in [0.2, 0.25) is 0 Å². The number of rotatable bonds is 6. The van der Waals surface area contributed by atoms with Gasteiger partial charge in [0.05, 0.1) is 6.61 Å². The topological polar surface area (TPSA) is 84.7 Å². The van der Waals surface area contributed by atoms with E-state index in [1.54, 1.807) is 17.3 Å². The van der Waals surface area contributed by atoms with Crippen molar-refractivity contribution in [1.82, 2.24) is 29.8 Å². The van der Waals surface area contributed by atoms with Crippen LogP contribution in [0.25, 0.3) is 11.2 Å². The van der Waals surface area contributed by atoms with Gasteiger partial charge >= 0.3 is 6.03 Å². The highest BCUT2D eigenvalue weighted by Gasteiger charge is 2.22. The van der Waals surface area contributed by atoms with Crippen molar-refractivity contribution in [2.45, 2.75) is 32.2 Å². The van der Waals surface area contributed by atoms with Crippen molar-refractivity contribution >= 4 is 17.3 Å². The van der Waals surface area contributed by atoms with Crippen LogP contribution in [0.2, 0.25) is 0 Å². The fraction of sp³-hybridized carbons (Fsp3) is 0.286. The predicted molar refractivity (Wildman–Crippen MR) is 137 cm³/mol. The molecule has 0 fully saturated rings. The number of carbonyl (C=O) groups excluding carboxylic acids is 1. The molecular weight excluding hydrogens is 471 g/mol. The van der Waals surface area contributed by atoms with E-state index in [4.69, 9.17) is 9.72 Å². The van der Waals surface area contributed by atoms with Crippen molar-refractivity contribution in [2.75, 3.05) is 19.7 Å². The number of fused-ring (bicyclic) bond motifs is 2. The Morgan fingerprint density at radius 3 is 2.84 bits per heavy atom. The minimum absolute atomic E-state index is 0.0784. The Morgan fingerprint density at radius 2 is 2.00 bits per heavy atom. The minimum Gasteiger partial charge on any atom is -0.493 e. The molecule has 9 heteroatoms. The van der Waals surface area contributed by atoms with Crippen molar-refractivity contribution < 1.29 is 13.9 Å². The van der Waals surface area contributed by atoms with Gasteiger partial charge in [-0.1, -0.05) is 36.4 Å². The highest BCUT2D eigenvalue weighted by Crippen LogP contribution is 2.31. The Kier molecular flexibility index (Phi) is 6.26. The van der Waals surface area contributed by atoms with Gasteiger partial charge in [0.15, 0.2) is 5.65 Å². The van der Waals surface area contributed by atoms with Crippen LogP contribution in [0.15, 0.2) is 61.1 Å². The van der Waals surface area contributed by atoms with Crippen LogP contribution in [0.1, 0.15) is 34.5 Å². The molecule has 1 N–H and O–H groups in total.